The number of anilines is 1. The van der Waals surface area contributed by atoms with E-state index < -0.39 is 0 Å². The lowest BCUT2D eigenvalue weighted by Gasteiger charge is -2.10. The lowest BCUT2D eigenvalue weighted by molar-refractivity contribution is 0.940. The molecular formula is C13H14ClN3S. The summed E-state index contributed by atoms with van der Waals surface area (Å²) in [7, 11) is 1.86. The van der Waals surface area contributed by atoms with Crippen LogP contribution in [0.4, 0.5) is 5.82 Å². The number of aryl methyl sites for hydroxylation is 1. The van der Waals surface area contributed by atoms with Gasteiger partial charge in [0.15, 0.2) is 0 Å². The number of hydrogen-bond acceptors (Lipinski definition) is 4. The zero-order chi connectivity index (χ0) is 13.1. The van der Waals surface area contributed by atoms with Crippen LogP contribution >= 0.6 is 23.4 Å². The van der Waals surface area contributed by atoms with E-state index in [-0.39, 0.29) is 0 Å². The van der Waals surface area contributed by atoms with Gasteiger partial charge in [-0.2, -0.15) is 0 Å². The Morgan fingerprint density at radius 2 is 1.89 bits per heavy atom. The Morgan fingerprint density at radius 1 is 1.17 bits per heavy atom. The van der Waals surface area contributed by atoms with E-state index in [2.05, 4.69) is 15.3 Å². The number of nitrogens with zero attached hydrogens (tertiary/aromatic N) is 2. The maximum absolute atomic E-state index is 6.16. The van der Waals surface area contributed by atoms with Crippen molar-refractivity contribution in [2.75, 3.05) is 12.4 Å². The molecule has 2 aromatic rings. The van der Waals surface area contributed by atoms with Crippen LogP contribution in [-0.2, 0) is 0 Å². The number of hydrogen-bond donors (Lipinski definition) is 1. The maximum Gasteiger partial charge on any atom is 0.133 e. The zero-order valence-corrected chi connectivity index (χ0v) is 12.1. The topological polar surface area (TPSA) is 37.8 Å². The van der Waals surface area contributed by atoms with Crippen LogP contribution in [0.3, 0.4) is 0 Å². The SMILES string of the molecule is CNc1nc(C)nc(Sc2ccccc2Cl)c1C. The molecule has 5 heteroatoms. The van der Waals surface area contributed by atoms with E-state index in [9.17, 15) is 0 Å². The highest BCUT2D eigenvalue weighted by Crippen LogP contribution is 2.35. The molecule has 1 aromatic carbocycles. The van der Waals surface area contributed by atoms with Crippen molar-refractivity contribution in [1.29, 1.82) is 0 Å². The van der Waals surface area contributed by atoms with E-state index in [1.807, 2.05) is 45.2 Å². The second-order valence-corrected chi connectivity index (χ2v) is 5.27. The molecule has 0 unspecified atom stereocenters. The van der Waals surface area contributed by atoms with E-state index >= 15 is 0 Å². The molecule has 2 rings (SSSR count). The third-order valence-corrected chi connectivity index (χ3v) is 4.10. The Hall–Kier alpha value is -1.26. The maximum atomic E-state index is 6.16. The summed E-state index contributed by atoms with van der Waals surface area (Å²) < 4.78 is 0. The van der Waals surface area contributed by atoms with Gasteiger partial charge in [0.2, 0.25) is 0 Å². The molecule has 0 bridgehead atoms. The summed E-state index contributed by atoms with van der Waals surface area (Å²) in [5.41, 5.74) is 1.04. The van der Waals surface area contributed by atoms with Crippen LogP contribution in [0.25, 0.3) is 0 Å². The summed E-state index contributed by atoms with van der Waals surface area (Å²) in [4.78, 5) is 9.82. The molecule has 1 N–H and O–H groups in total. The van der Waals surface area contributed by atoms with Crippen LogP contribution < -0.4 is 5.32 Å². The van der Waals surface area contributed by atoms with Crippen LogP contribution in [0.1, 0.15) is 11.4 Å². The van der Waals surface area contributed by atoms with E-state index in [4.69, 9.17) is 11.6 Å². The van der Waals surface area contributed by atoms with Gasteiger partial charge < -0.3 is 5.32 Å². The first-order valence-corrected chi connectivity index (χ1v) is 6.76. The monoisotopic (exact) mass is 279 g/mol. The van der Waals surface area contributed by atoms with Crippen molar-refractivity contribution < 1.29 is 0 Å². The molecule has 0 spiro atoms. The predicted molar refractivity (Wildman–Crippen MR) is 76.6 cm³/mol. The van der Waals surface area contributed by atoms with E-state index in [1.165, 1.54) is 0 Å². The summed E-state index contributed by atoms with van der Waals surface area (Å²) >= 11 is 7.72. The van der Waals surface area contributed by atoms with Crippen molar-refractivity contribution in [2.24, 2.45) is 0 Å². The molecule has 3 nitrogen and oxygen atoms in total. The van der Waals surface area contributed by atoms with Gasteiger partial charge in [0.25, 0.3) is 0 Å². The van der Waals surface area contributed by atoms with Gasteiger partial charge in [-0.05, 0) is 26.0 Å². The Bertz CT molecular complexity index is 572. The highest BCUT2D eigenvalue weighted by Gasteiger charge is 2.11. The summed E-state index contributed by atoms with van der Waals surface area (Å²) in [5, 5.41) is 4.75. The number of rotatable bonds is 3. The number of aromatic nitrogens is 2. The fourth-order valence-corrected chi connectivity index (χ4v) is 2.78. The summed E-state index contributed by atoms with van der Waals surface area (Å²) in [6.45, 7) is 3.89. The highest BCUT2D eigenvalue weighted by atomic mass is 35.5. The predicted octanol–water partition coefficient (Wildman–Crippen LogP) is 3.94. The first kappa shape index (κ1) is 13.2. The normalized spacial score (nSPS) is 10.4. The van der Waals surface area contributed by atoms with Crippen molar-refractivity contribution in [2.45, 2.75) is 23.8 Å². The van der Waals surface area contributed by atoms with Crippen molar-refractivity contribution in [3.8, 4) is 0 Å². The second kappa shape index (κ2) is 5.59. The van der Waals surface area contributed by atoms with Crippen molar-refractivity contribution in [3.63, 3.8) is 0 Å². The molecule has 18 heavy (non-hydrogen) atoms. The van der Waals surface area contributed by atoms with E-state index in [1.54, 1.807) is 11.8 Å². The molecule has 0 saturated heterocycles. The van der Waals surface area contributed by atoms with Crippen LogP contribution in [0, 0.1) is 13.8 Å². The summed E-state index contributed by atoms with van der Waals surface area (Å²) in [5.74, 6) is 1.61. The van der Waals surface area contributed by atoms with Crippen molar-refractivity contribution >= 4 is 29.2 Å². The Kier molecular flexibility index (Phi) is 4.09. The van der Waals surface area contributed by atoms with Gasteiger partial charge in [-0.1, -0.05) is 35.5 Å². The summed E-state index contributed by atoms with van der Waals surface area (Å²) in [6, 6.07) is 7.76. The largest absolute Gasteiger partial charge is 0.373 e. The molecule has 0 radical (unpaired) electrons. The molecule has 0 fully saturated rings. The minimum absolute atomic E-state index is 0.740. The molecule has 0 amide bonds. The third-order valence-electron chi connectivity index (χ3n) is 2.49. The molecule has 0 aliphatic rings. The van der Waals surface area contributed by atoms with Gasteiger partial charge in [-0.15, -0.1) is 0 Å². The van der Waals surface area contributed by atoms with Gasteiger partial charge in [0, 0.05) is 17.5 Å². The minimum Gasteiger partial charge on any atom is -0.373 e. The number of benzene rings is 1. The van der Waals surface area contributed by atoms with E-state index in [0.717, 1.165) is 32.1 Å². The van der Waals surface area contributed by atoms with Gasteiger partial charge >= 0.3 is 0 Å². The van der Waals surface area contributed by atoms with Gasteiger partial charge in [0.05, 0.1) is 5.02 Å². The highest BCUT2D eigenvalue weighted by molar-refractivity contribution is 7.99. The standard InChI is InChI=1S/C13H14ClN3S/c1-8-12(15-3)16-9(2)17-13(8)18-11-7-5-4-6-10(11)14/h4-7H,1-3H3,(H,15,16,17). The third kappa shape index (κ3) is 2.76. The Balaban J connectivity index is 2.40. The average Bonchev–Trinajstić information content (AvgIpc) is 2.36. The molecular weight excluding hydrogens is 266 g/mol. The quantitative estimate of drug-likeness (QED) is 0.864. The van der Waals surface area contributed by atoms with Crippen LogP contribution in [0.2, 0.25) is 5.02 Å². The molecule has 1 heterocycles. The Labute approximate surface area is 116 Å². The molecule has 94 valence electrons. The zero-order valence-electron chi connectivity index (χ0n) is 10.5. The molecule has 0 aliphatic heterocycles. The Morgan fingerprint density at radius 3 is 2.56 bits per heavy atom. The smallest absolute Gasteiger partial charge is 0.133 e. The average molecular weight is 280 g/mol. The fourth-order valence-electron chi connectivity index (χ4n) is 1.58. The first-order valence-electron chi connectivity index (χ1n) is 5.57. The van der Waals surface area contributed by atoms with Gasteiger partial charge in [-0.3, -0.25) is 0 Å². The molecule has 0 atom stereocenters. The van der Waals surface area contributed by atoms with Crippen LogP contribution in [0.5, 0.6) is 0 Å². The number of nitrogens with one attached hydrogen (secondary N) is 1. The first-order chi connectivity index (χ1) is 8.61. The fraction of sp³-hybridized carbons (Fsp3) is 0.231. The molecule has 1 aromatic heterocycles. The van der Waals surface area contributed by atoms with Gasteiger partial charge in [-0.25, -0.2) is 9.97 Å². The molecule has 0 saturated carbocycles. The van der Waals surface area contributed by atoms with E-state index in [0.29, 0.717) is 0 Å². The minimum atomic E-state index is 0.740. The lowest BCUT2D eigenvalue weighted by Crippen LogP contribution is -2.01. The number of halogens is 1. The van der Waals surface area contributed by atoms with Crippen molar-refractivity contribution in [1.82, 2.24) is 9.97 Å². The van der Waals surface area contributed by atoms with Crippen LogP contribution in [-0.4, -0.2) is 17.0 Å². The lowest BCUT2D eigenvalue weighted by atomic mass is 10.3. The second-order valence-electron chi connectivity index (χ2n) is 3.83. The summed E-state index contributed by atoms with van der Waals surface area (Å²) in [6.07, 6.45) is 0. The van der Waals surface area contributed by atoms with Gasteiger partial charge in [0.1, 0.15) is 16.7 Å². The van der Waals surface area contributed by atoms with Crippen LogP contribution in [0.15, 0.2) is 34.2 Å². The molecule has 0 aliphatic carbocycles. The van der Waals surface area contributed by atoms with Crippen molar-refractivity contribution in [3.05, 3.63) is 40.7 Å².